The lowest BCUT2D eigenvalue weighted by molar-refractivity contribution is 0.541. The molecule has 1 aromatic carbocycles. The van der Waals surface area contributed by atoms with E-state index in [-0.39, 0.29) is 0 Å². The molecule has 0 amide bonds. The van der Waals surface area contributed by atoms with Crippen LogP contribution < -0.4 is 5.32 Å². The van der Waals surface area contributed by atoms with Crippen LogP contribution >= 0.6 is 0 Å². The van der Waals surface area contributed by atoms with E-state index in [2.05, 4.69) is 5.32 Å². The van der Waals surface area contributed by atoms with Crippen molar-refractivity contribution in [2.24, 2.45) is 0 Å². The van der Waals surface area contributed by atoms with Gasteiger partial charge in [0.25, 0.3) is 0 Å². The molecule has 0 saturated carbocycles. The Hall–Kier alpha value is -0.960. The molecule has 2 rings (SSSR count). The summed E-state index contributed by atoms with van der Waals surface area (Å²) >= 11 is 0. The van der Waals surface area contributed by atoms with Crippen LogP contribution in [0.1, 0.15) is 11.1 Å². The summed E-state index contributed by atoms with van der Waals surface area (Å²) in [6.07, 6.45) is 0.654. The molecule has 3 heteroatoms. The van der Waals surface area contributed by atoms with Gasteiger partial charge in [-0.15, -0.1) is 0 Å². The van der Waals surface area contributed by atoms with Crippen LogP contribution in [0.3, 0.4) is 0 Å². The van der Waals surface area contributed by atoms with Crippen molar-refractivity contribution in [1.29, 1.82) is 0 Å². The van der Waals surface area contributed by atoms with Gasteiger partial charge in [-0.3, -0.25) is 0 Å². The van der Waals surface area contributed by atoms with Crippen LogP contribution in [0.4, 0.5) is 8.78 Å². The molecular weight excluding hydrogens is 160 g/mol. The van der Waals surface area contributed by atoms with Crippen molar-refractivity contribution in [3.63, 3.8) is 0 Å². The Bertz CT molecular complexity index is 310. The van der Waals surface area contributed by atoms with Gasteiger partial charge in [0.05, 0.1) is 0 Å². The molecule has 0 bridgehead atoms. The molecule has 0 saturated heterocycles. The van der Waals surface area contributed by atoms with Gasteiger partial charge >= 0.3 is 0 Å². The summed E-state index contributed by atoms with van der Waals surface area (Å²) < 4.78 is 25.8. The van der Waals surface area contributed by atoms with Crippen LogP contribution in [-0.4, -0.2) is 6.54 Å². The van der Waals surface area contributed by atoms with Crippen LogP contribution in [-0.2, 0) is 13.0 Å². The summed E-state index contributed by atoms with van der Waals surface area (Å²) in [5.41, 5.74) is 1.41. The molecule has 1 aliphatic rings. The average molecular weight is 169 g/mol. The van der Waals surface area contributed by atoms with Crippen LogP contribution in [0.25, 0.3) is 0 Å². The number of hydrogen-bond donors (Lipinski definition) is 1. The lowest BCUT2D eigenvalue weighted by atomic mass is 10.0. The molecule has 0 atom stereocenters. The normalized spacial score (nSPS) is 15.8. The van der Waals surface area contributed by atoms with Gasteiger partial charge in [-0.1, -0.05) is 0 Å². The third kappa shape index (κ3) is 1.20. The highest BCUT2D eigenvalue weighted by molar-refractivity contribution is 5.31. The quantitative estimate of drug-likeness (QED) is 0.622. The Labute approximate surface area is 69.4 Å². The molecule has 12 heavy (non-hydrogen) atoms. The maximum atomic E-state index is 13.1. The first kappa shape index (κ1) is 7.68. The van der Waals surface area contributed by atoms with E-state index in [1.54, 1.807) is 0 Å². The molecule has 0 radical (unpaired) electrons. The van der Waals surface area contributed by atoms with E-state index in [1.807, 2.05) is 0 Å². The topological polar surface area (TPSA) is 12.0 Å². The van der Waals surface area contributed by atoms with Crippen molar-refractivity contribution in [1.82, 2.24) is 5.32 Å². The molecule has 1 aromatic rings. The largest absolute Gasteiger partial charge is 0.312 e. The predicted octanol–water partition coefficient (Wildman–Crippen LogP) is 1.61. The zero-order chi connectivity index (χ0) is 8.55. The number of fused-ring (bicyclic) bond motifs is 1. The van der Waals surface area contributed by atoms with Crippen LogP contribution in [0.15, 0.2) is 12.1 Å². The second-order valence-corrected chi connectivity index (χ2v) is 2.95. The maximum absolute atomic E-state index is 13.1. The average Bonchev–Trinajstić information content (AvgIpc) is 2.04. The molecule has 64 valence electrons. The van der Waals surface area contributed by atoms with Crippen LogP contribution in [0.5, 0.6) is 0 Å². The zero-order valence-corrected chi connectivity index (χ0v) is 6.53. The van der Waals surface area contributed by atoms with E-state index >= 15 is 0 Å². The van der Waals surface area contributed by atoms with Gasteiger partial charge in [-0.2, -0.15) is 0 Å². The van der Waals surface area contributed by atoms with E-state index in [1.165, 1.54) is 6.07 Å². The van der Waals surface area contributed by atoms with Gasteiger partial charge in [-0.05, 0) is 30.2 Å². The number of rotatable bonds is 0. The second kappa shape index (κ2) is 2.83. The second-order valence-electron chi connectivity index (χ2n) is 2.95. The van der Waals surface area contributed by atoms with Gasteiger partial charge in [-0.25, -0.2) is 8.78 Å². The fourth-order valence-corrected chi connectivity index (χ4v) is 1.53. The monoisotopic (exact) mass is 169 g/mol. The highest BCUT2D eigenvalue weighted by atomic mass is 19.1. The summed E-state index contributed by atoms with van der Waals surface area (Å²) in [5, 5.41) is 3.06. The van der Waals surface area contributed by atoms with Gasteiger partial charge in [0, 0.05) is 12.6 Å². The number of halogens is 2. The predicted molar refractivity (Wildman–Crippen MR) is 41.8 cm³/mol. The third-order valence-electron chi connectivity index (χ3n) is 2.12. The fourth-order valence-electron chi connectivity index (χ4n) is 1.53. The highest BCUT2D eigenvalue weighted by Gasteiger charge is 2.13. The van der Waals surface area contributed by atoms with E-state index in [0.29, 0.717) is 18.5 Å². The summed E-state index contributed by atoms with van der Waals surface area (Å²) in [6, 6.07) is 2.34. The number of benzene rings is 1. The van der Waals surface area contributed by atoms with Crippen molar-refractivity contribution >= 4 is 0 Å². The number of nitrogens with one attached hydrogen (secondary N) is 1. The number of hydrogen-bond acceptors (Lipinski definition) is 1. The fraction of sp³-hybridized carbons (Fsp3) is 0.333. The Kier molecular flexibility index (Phi) is 1.81. The SMILES string of the molecule is Fc1cc(F)c2c(c1)CNCC2. The van der Waals surface area contributed by atoms with Crippen molar-refractivity contribution in [2.75, 3.05) is 6.54 Å². The van der Waals surface area contributed by atoms with Gasteiger partial charge in [0.2, 0.25) is 0 Å². The molecule has 1 N–H and O–H groups in total. The first-order valence-electron chi connectivity index (χ1n) is 3.95. The van der Waals surface area contributed by atoms with E-state index in [4.69, 9.17) is 0 Å². The first-order chi connectivity index (χ1) is 5.77. The van der Waals surface area contributed by atoms with Crippen molar-refractivity contribution in [3.05, 3.63) is 34.9 Å². The smallest absolute Gasteiger partial charge is 0.129 e. The Balaban J connectivity index is 2.53. The Morgan fingerprint density at radius 1 is 1.25 bits per heavy atom. The molecule has 0 unspecified atom stereocenters. The summed E-state index contributed by atoms with van der Waals surface area (Å²) in [4.78, 5) is 0. The minimum atomic E-state index is -0.491. The standard InChI is InChI=1S/C9H9F2N/c10-7-3-6-5-12-2-1-8(6)9(11)4-7/h3-4,12H,1-2,5H2. The Morgan fingerprint density at radius 3 is 2.92 bits per heavy atom. The van der Waals surface area contributed by atoms with Crippen molar-refractivity contribution in [2.45, 2.75) is 13.0 Å². The minimum absolute atomic E-state index is 0.411. The molecule has 0 fully saturated rings. The molecule has 1 heterocycles. The summed E-state index contributed by atoms with van der Waals surface area (Å²) in [6.45, 7) is 1.35. The molecule has 1 aliphatic heterocycles. The molecule has 1 nitrogen and oxygen atoms in total. The summed E-state index contributed by atoms with van der Waals surface area (Å²) in [7, 11) is 0. The van der Waals surface area contributed by atoms with Gasteiger partial charge in [0.15, 0.2) is 0 Å². The van der Waals surface area contributed by atoms with Crippen molar-refractivity contribution < 1.29 is 8.78 Å². The van der Waals surface area contributed by atoms with E-state index < -0.39 is 11.6 Å². The van der Waals surface area contributed by atoms with Crippen LogP contribution in [0, 0.1) is 11.6 Å². The minimum Gasteiger partial charge on any atom is -0.312 e. The highest BCUT2D eigenvalue weighted by Crippen LogP contribution is 2.18. The first-order valence-corrected chi connectivity index (χ1v) is 3.95. The third-order valence-corrected chi connectivity index (χ3v) is 2.12. The zero-order valence-electron chi connectivity index (χ0n) is 6.53. The lowest BCUT2D eigenvalue weighted by Gasteiger charge is -2.17. The molecule has 0 aromatic heterocycles. The van der Waals surface area contributed by atoms with Gasteiger partial charge in [0.1, 0.15) is 11.6 Å². The van der Waals surface area contributed by atoms with Crippen molar-refractivity contribution in [3.8, 4) is 0 Å². The van der Waals surface area contributed by atoms with E-state index in [0.717, 1.165) is 18.2 Å². The maximum Gasteiger partial charge on any atom is 0.129 e. The van der Waals surface area contributed by atoms with E-state index in [9.17, 15) is 8.78 Å². The summed E-state index contributed by atoms with van der Waals surface area (Å²) in [5.74, 6) is -0.901. The molecule has 0 spiro atoms. The molecular formula is C9H9F2N. The van der Waals surface area contributed by atoms with Gasteiger partial charge < -0.3 is 5.32 Å². The Morgan fingerprint density at radius 2 is 2.08 bits per heavy atom. The lowest BCUT2D eigenvalue weighted by Crippen LogP contribution is -2.24. The molecule has 0 aliphatic carbocycles. The van der Waals surface area contributed by atoms with Crippen LogP contribution in [0.2, 0.25) is 0 Å².